The number of aryl methyl sites for hydroxylation is 2. The molecule has 1 aliphatic heterocycles. The fraction of sp³-hybridized carbons (Fsp3) is 0.211. The number of carbonyl (C=O) groups excluding carboxylic acids is 1. The third-order valence-corrected chi connectivity index (χ3v) is 4.60. The lowest BCUT2D eigenvalue weighted by atomic mass is 9.87. The number of H-pyrrole nitrogens is 2. The van der Waals surface area contributed by atoms with Crippen molar-refractivity contribution in [2.75, 3.05) is 0 Å². The van der Waals surface area contributed by atoms with Gasteiger partial charge in [0.2, 0.25) is 0 Å². The second-order valence-corrected chi connectivity index (χ2v) is 6.38. The maximum atomic E-state index is 12.7. The summed E-state index contributed by atoms with van der Waals surface area (Å²) in [5.74, 6) is -0.855. The molecule has 4 rings (SSSR count). The van der Waals surface area contributed by atoms with E-state index in [1.165, 1.54) is 0 Å². The van der Waals surface area contributed by atoms with Crippen molar-refractivity contribution in [2.24, 2.45) is 0 Å². The molecule has 0 spiro atoms. The van der Waals surface area contributed by atoms with Gasteiger partial charge in [0.25, 0.3) is 11.1 Å². The molecular formula is C19H16N2O4. The summed E-state index contributed by atoms with van der Waals surface area (Å²) in [7, 11) is 0. The maximum Gasteiger partial charge on any atom is 0.312 e. The van der Waals surface area contributed by atoms with E-state index in [0.29, 0.717) is 16.8 Å². The summed E-state index contributed by atoms with van der Waals surface area (Å²) in [5.41, 5.74) is 2.39. The van der Waals surface area contributed by atoms with Gasteiger partial charge in [0.15, 0.2) is 0 Å². The Labute approximate surface area is 142 Å². The van der Waals surface area contributed by atoms with Gasteiger partial charge in [-0.1, -0.05) is 18.2 Å². The Morgan fingerprint density at radius 3 is 2.64 bits per heavy atom. The molecule has 0 bridgehead atoms. The van der Waals surface area contributed by atoms with Crippen LogP contribution in [0.1, 0.15) is 34.7 Å². The number of hydrogen-bond donors (Lipinski definition) is 2. The molecule has 0 saturated heterocycles. The number of esters is 1. The highest BCUT2D eigenvalue weighted by Gasteiger charge is 2.33. The van der Waals surface area contributed by atoms with Crippen molar-refractivity contribution in [3.63, 3.8) is 0 Å². The first kappa shape index (κ1) is 15.4. The normalized spacial score (nSPS) is 16.6. The number of carbonyl (C=O) groups is 1. The minimum Gasteiger partial charge on any atom is -0.426 e. The van der Waals surface area contributed by atoms with Crippen LogP contribution in [0.5, 0.6) is 5.75 Å². The van der Waals surface area contributed by atoms with E-state index in [1.807, 2.05) is 25.1 Å². The molecule has 0 unspecified atom stereocenters. The predicted molar refractivity (Wildman–Crippen MR) is 93.2 cm³/mol. The quantitative estimate of drug-likeness (QED) is 0.667. The number of benzene rings is 1. The molecule has 3 heterocycles. The highest BCUT2D eigenvalue weighted by atomic mass is 16.5. The Hall–Kier alpha value is -3.15. The Bertz CT molecular complexity index is 1140. The average molecular weight is 336 g/mol. The van der Waals surface area contributed by atoms with Crippen molar-refractivity contribution in [1.29, 1.82) is 0 Å². The number of nitrogens with one attached hydrogen (secondary N) is 2. The molecule has 0 fully saturated rings. The van der Waals surface area contributed by atoms with Gasteiger partial charge in [-0.05, 0) is 30.9 Å². The number of para-hydroxylation sites is 1. The number of hydrogen-bond acceptors (Lipinski definition) is 4. The second kappa shape index (κ2) is 5.44. The summed E-state index contributed by atoms with van der Waals surface area (Å²) in [5, 5.41) is 0.860. The molecule has 0 amide bonds. The summed E-state index contributed by atoms with van der Waals surface area (Å²) in [6.07, 6.45) is -0.0421. The fourth-order valence-electron chi connectivity index (χ4n) is 3.44. The molecular weight excluding hydrogens is 320 g/mol. The van der Waals surface area contributed by atoms with E-state index < -0.39 is 11.9 Å². The molecule has 6 heteroatoms. The first-order valence-electron chi connectivity index (χ1n) is 8.01. The van der Waals surface area contributed by atoms with Crippen LogP contribution in [0.25, 0.3) is 10.9 Å². The van der Waals surface area contributed by atoms with E-state index >= 15 is 0 Å². The van der Waals surface area contributed by atoms with Crippen LogP contribution in [0, 0.1) is 13.8 Å². The number of aromatic amines is 2. The van der Waals surface area contributed by atoms with Crippen molar-refractivity contribution in [3.05, 3.63) is 73.4 Å². The van der Waals surface area contributed by atoms with E-state index in [0.717, 1.165) is 16.5 Å². The summed E-state index contributed by atoms with van der Waals surface area (Å²) in [4.78, 5) is 42.7. The Balaban J connectivity index is 1.99. The first-order valence-corrected chi connectivity index (χ1v) is 8.01. The molecule has 0 radical (unpaired) electrons. The van der Waals surface area contributed by atoms with E-state index in [9.17, 15) is 14.4 Å². The maximum absolute atomic E-state index is 12.7. The molecule has 0 saturated carbocycles. The van der Waals surface area contributed by atoms with Crippen LogP contribution in [0.15, 0.2) is 39.9 Å². The lowest BCUT2D eigenvalue weighted by Crippen LogP contribution is -2.31. The molecule has 3 aromatic rings. The van der Waals surface area contributed by atoms with Gasteiger partial charge in [-0.15, -0.1) is 0 Å². The number of ether oxygens (including phenoxy) is 1. The van der Waals surface area contributed by atoms with Crippen LogP contribution >= 0.6 is 0 Å². The molecule has 25 heavy (non-hydrogen) atoms. The largest absolute Gasteiger partial charge is 0.426 e. The lowest BCUT2D eigenvalue weighted by Gasteiger charge is -2.23. The van der Waals surface area contributed by atoms with Crippen molar-refractivity contribution in [3.8, 4) is 5.75 Å². The average Bonchev–Trinajstić information content (AvgIpc) is 2.53. The minimum absolute atomic E-state index is 0.0421. The van der Waals surface area contributed by atoms with Gasteiger partial charge >= 0.3 is 5.97 Å². The predicted octanol–water partition coefficient (Wildman–Crippen LogP) is 2.27. The SMILES string of the molecule is Cc1cc2c(c(=O)[nH]1)[C@H](c1cc3cccc(C)c3[nH]c1=O)CC(=O)O2. The van der Waals surface area contributed by atoms with Crippen molar-refractivity contribution in [2.45, 2.75) is 26.2 Å². The first-order chi connectivity index (χ1) is 11.9. The van der Waals surface area contributed by atoms with Crippen molar-refractivity contribution in [1.82, 2.24) is 9.97 Å². The fourth-order valence-corrected chi connectivity index (χ4v) is 3.44. The number of fused-ring (bicyclic) bond motifs is 2. The van der Waals surface area contributed by atoms with Gasteiger partial charge in [0.05, 0.1) is 17.5 Å². The van der Waals surface area contributed by atoms with Gasteiger partial charge in [0.1, 0.15) is 5.75 Å². The standard InChI is InChI=1S/C19H16N2O4/c1-9-4-3-5-11-7-13(18(23)21-17(9)11)12-8-15(22)25-14-6-10(2)20-19(24)16(12)14/h3-7,12H,8H2,1-2H3,(H,20,24)(H,21,23)/t12-/m0/s1. The third kappa shape index (κ3) is 2.46. The lowest BCUT2D eigenvalue weighted by molar-refractivity contribution is -0.135. The van der Waals surface area contributed by atoms with Crippen LogP contribution in [-0.4, -0.2) is 15.9 Å². The van der Waals surface area contributed by atoms with Crippen molar-refractivity contribution < 1.29 is 9.53 Å². The van der Waals surface area contributed by atoms with Crippen LogP contribution in [0.4, 0.5) is 0 Å². The minimum atomic E-state index is -0.630. The van der Waals surface area contributed by atoms with Gasteiger partial charge in [0, 0.05) is 23.2 Å². The smallest absolute Gasteiger partial charge is 0.312 e. The molecule has 1 atom stereocenters. The number of rotatable bonds is 1. The zero-order valence-electron chi connectivity index (χ0n) is 13.8. The summed E-state index contributed by atoms with van der Waals surface area (Å²) < 4.78 is 5.22. The molecule has 2 aromatic heterocycles. The zero-order valence-corrected chi connectivity index (χ0v) is 13.8. The van der Waals surface area contributed by atoms with Crippen LogP contribution in [-0.2, 0) is 4.79 Å². The third-order valence-electron chi connectivity index (χ3n) is 4.60. The number of pyridine rings is 2. The molecule has 1 aliphatic rings. The van der Waals surface area contributed by atoms with Crippen LogP contribution in [0.3, 0.4) is 0 Å². The Kier molecular flexibility index (Phi) is 3.35. The second-order valence-electron chi connectivity index (χ2n) is 6.38. The number of aromatic nitrogens is 2. The van der Waals surface area contributed by atoms with E-state index in [-0.39, 0.29) is 23.3 Å². The van der Waals surface area contributed by atoms with Crippen molar-refractivity contribution >= 4 is 16.9 Å². The molecule has 1 aromatic carbocycles. The highest BCUT2D eigenvalue weighted by Crippen LogP contribution is 2.35. The summed E-state index contributed by atoms with van der Waals surface area (Å²) in [6, 6.07) is 9.08. The van der Waals surface area contributed by atoms with Gasteiger partial charge in [-0.3, -0.25) is 14.4 Å². The summed E-state index contributed by atoms with van der Waals surface area (Å²) in [6.45, 7) is 3.63. The van der Waals surface area contributed by atoms with Gasteiger partial charge < -0.3 is 14.7 Å². The van der Waals surface area contributed by atoms with E-state index in [1.54, 1.807) is 19.1 Å². The van der Waals surface area contributed by atoms with Gasteiger partial charge in [-0.2, -0.15) is 0 Å². The molecule has 2 N–H and O–H groups in total. The van der Waals surface area contributed by atoms with Crippen LogP contribution < -0.4 is 15.9 Å². The molecule has 6 nitrogen and oxygen atoms in total. The highest BCUT2D eigenvalue weighted by molar-refractivity contribution is 5.83. The Morgan fingerprint density at radius 1 is 1.04 bits per heavy atom. The van der Waals surface area contributed by atoms with Crippen LogP contribution in [0.2, 0.25) is 0 Å². The topological polar surface area (TPSA) is 92.0 Å². The monoisotopic (exact) mass is 336 g/mol. The molecule has 0 aliphatic carbocycles. The van der Waals surface area contributed by atoms with Gasteiger partial charge in [-0.25, -0.2) is 0 Å². The van der Waals surface area contributed by atoms with E-state index in [2.05, 4.69) is 9.97 Å². The van der Waals surface area contributed by atoms with E-state index in [4.69, 9.17) is 4.74 Å². The summed E-state index contributed by atoms with van der Waals surface area (Å²) >= 11 is 0. The zero-order chi connectivity index (χ0) is 17.7. The Morgan fingerprint density at radius 2 is 1.84 bits per heavy atom. The molecule has 126 valence electrons.